The van der Waals surface area contributed by atoms with Crippen LogP contribution in [0.1, 0.15) is 17.3 Å². The highest BCUT2D eigenvalue weighted by atomic mass is 32.2. The van der Waals surface area contributed by atoms with Crippen LogP contribution in [0.3, 0.4) is 0 Å². The molecule has 3 aromatic carbocycles. The van der Waals surface area contributed by atoms with Crippen molar-refractivity contribution in [2.75, 3.05) is 37.0 Å². The maximum absolute atomic E-state index is 13.1. The summed E-state index contributed by atoms with van der Waals surface area (Å²) in [6.07, 6.45) is 0. The number of sulfonamides is 1. The Labute approximate surface area is 204 Å². The summed E-state index contributed by atoms with van der Waals surface area (Å²) in [5.74, 6) is -0.0295. The molecular formula is C25H26N2O7S. The van der Waals surface area contributed by atoms with Crippen molar-refractivity contribution >= 4 is 33.3 Å². The number of rotatable bonds is 10. The van der Waals surface area contributed by atoms with Gasteiger partial charge in [0.15, 0.2) is 6.61 Å². The number of benzene rings is 3. The molecule has 0 aliphatic rings. The largest absolute Gasteiger partial charge is 0.497 e. The molecule has 0 bridgehead atoms. The van der Waals surface area contributed by atoms with Crippen LogP contribution in [0.5, 0.6) is 11.5 Å². The minimum atomic E-state index is -3.92. The highest BCUT2D eigenvalue weighted by molar-refractivity contribution is 7.92. The third-order valence-electron chi connectivity index (χ3n) is 4.94. The van der Waals surface area contributed by atoms with E-state index >= 15 is 0 Å². The van der Waals surface area contributed by atoms with Gasteiger partial charge in [0.2, 0.25) is 0 Å². The van der Waals surface area contributed by atoms with Gasteiger partial charge in [-0.1, -0.05) is 12.1 Å². The van der Waals surface area contributed by atoms with Crippen LogP contribution in [0.25, 0.3) is 0 Å². The Morgan fingerprint density at radius 1 is 0.943 bits per heavy atom. The molecule has 0 aliphatic carbocycles. The van der Waals surface area contributed by atoms with Crippen LogP contribution in [-0.2, 0) is 19.6 Å². The molecule has 0 fully saturated rings. The molecule has 1 amide bonds. The van der Waals surface area contributed by atoms with Gasteiger partial charge in [-0.25, -0.2) is 13.2 Å². The highest BCUT2D eigenvalue weighted by Crippen LogP contribution is 2.25. The molecule has 184 valence electrons. The predicted octanol–water partition coefficient (Wildman–Crippen LogP) is 3.71. The van der Waals surface area contributed by atoms with Crippen LogP contribution in [0, 0.1) is 0 Å². The Balaban J connectivity index is 1.74. The molecule has 0 saturated heterocycles. The van der Waals surface area contributed by atoms with Crippen molar-refractivity contribution < 1.29 is 32.2 Å². The SMILES string of the molecule is CCOC(=O)COc1cccc(NC(=O)c2cccc(S(=O)(=O)N(C)c3ccc(OC)cc3)c2)c1. The Kier molecular flexibility index (Phi) is 8.32. The molecule has 3 rings (SSSR count). The van der Waals surface area contributed by atoms with Crippen LogP contribution in [0.15, 0.2) is 77.7 Å². The summed E-state index contributed by atoms with van der Waals surface area (Å²) in [7, 11) is -0.956. The monoisotopic (exact) mass is 498 g/mol. The van der Waals surface area contributed by atoms with Crippen molar-refractivity contribution in [3.05, 3.63) is 78.4 Å². The first-order valence-corrected chi connectivity index (χ1v) is 12.1. The maximum Gasteiger partial charge on any atom is 0.344 e. The first-order chi connectivity index (χ1) is 16.7. The van der Waals surface area contributed by atoms with Gasteiger partial charge in [-0.2, -0.15) is 0 Å². The van der Waals surface area contributed by atoms with Gasteiger partial charge >= 0.3 is 5.97 Å². The van der Waals surface area contributed by atoms with E-state index < -0.39 is 21.9 Å². The molecule has 0 heterocycles. The lowest BCUT2D eigenvalue weighted by atomic mass is 10.2. The van der Waals surface area contributed by atoms with Gasteiger partial charge in [0.05, 0.1) is 24.3 Å². The Bertz CT molecular complexity index is 1290. The number of nitrogens with one attached hydrogen (secondary N) is 1. The number of methoxy groups -OCH3 is 1. The minimum Gasteiger partial charge on any atom is -0.497 e. The number of carbonyl (C=O) groups is 2. The van der Waals surface area contributed by atoms with E-state index in [9.17, 15) is 18.0 Å². The molecule has 0 unspecified atom stereocenters. The second-order valence-corrected chi connectivity index (χ2v) is 9.24. The number of esters is 1. The fourth-order valence-electron chi connectivity index (χ4n) is 3.10. The van der Waals surface area contributed by atoms with Crippen molar-refractivity contribution in [2.45, 2.75) is 11.8 Å². The van der Waals surface area contributed by atoms with E-state index in [2.05, 4.69) is 5.32 Å². The standard InChI is InChI=1S/C25H26N2O7S/c1-4-33-24(28)17-34-22-9-6-8-19(16-22)26-25(29)18-7-5-10-23(15-18)35(30,31)27(2)20-11-13-21(32-3)14-12-20/h5-16H,4,17H2,1-3H3,(H,26,29). The molecule has 10 heteroatoms. The van der Waals surface area contributed by atoms with E-state index in [0.29, 0.717) is 22.9 Å². The third kappa shape index (κ3) is 6.51. The summed E-state index contributed by atoms with van der Waals surface area (Å²) >= 11 is 0. The number of carbonyl (C=O) groups excluding carboxylic acids is 2. The van der Waals surface area contributed by atoms with Gasteiger partial charge < -0.3 is 19.5 Å². The van der Waals surface area contributed by atoms with Crippen molar-refractivity contribution in [3.8, 4) is 11.5 Å². The first kappa shape index (κ1) is 25.6. The third-order valence-corrected chi connectivity index (χ3v) is 6.73. The van der Waals surface area contributed by atoms with Crippen LogP contribution >= 0.6 is 0 Å². The van der Waals surface area contributed by atoms with E-state index in [4.69, 9.17) is 14.2 Å². The average Bonchev–Trinajstić information content (AvgIpc) is 2.87. The topological polar surface area (TPSA) is 111 Å². The predicted molar refractivity (Wildman–Crippen MR) is 132 cm³/mol. The first-order valence-electron chi connectivity index (χ1n) is 10.7. The molecule has 0 saturated carbocycles. The number of hydrogen-bond acceptors (Lipinski definition) is 7. The van der Waals surface area contributed by atoms with Gasteiger partial charge in [0.1, 0.15) is 11.5 Å². The molecule has 9 nitrogen and oxygen atoms in total. The summed E-state index contributed by atoms with van der Waals surface area (Å²) in [6.45, 7) is 1.70. The van der Waals surface area contributed by atoms with Crippen LogP contribution in [0.2, 0.25) is 0 Å². The molecule has 0 aromatic heterocycles. The molecular weight excluding hydrogens is 472 g/mol. The molecule has 0 spiro atoms. The van der Waals surface area contributed by atoms with Crippen LogP contribution in [-0.4, -0.2) is 47.7 Å². The van der Waals surface area contributed by atoms with E-state index in [-0.39, 0.29) is 23.7 Å². The van der Waals surface area contributed by atoms with Gasteiger partial charge in [-0.3, -0.25) is 9.10 Å². The summed E-state index contributed by atoms with van der Waals surface area (Å²) in [6, 6.07) is 18.8. The van der Waals surface area contributed by atoms with E-state index in [1.165, 1.54) is 38.4 Å². The lowest BCUT2D eigenvalue weighted by Gasteiger charge is -2.20. The summed E-state index contributed by atoms with van der Waals surface area (Å²) < 4.78 is 42.7. The second-order valence-electron chi connectivity index (χ2n) is 7.27. The van der Waals surface area contributed by atoms with Crippen molar-refractivity contribution in [3.63, 3.8) is 0 Å². The normalized spacial score (nSPS) is 10.8. The average molecular weight is 499 g/mol. The van der Waals surface area contributed by atoms with Crippen LogP contribution in [0.4, 0.5) is 11.4 Å². The minimum absolute atomic E-state index is 0.0324. The van der Waals surface area contributed by atoms with E-state index in [1.807, 2.05) is 0 Å². The zero-order valence-electron chi connectivity index (χ0n) is 19.6. The molecule has 0 atom stereocenters. The Hall–Kier alpha value is -4.05. The zero-order valence-corrected chi connectivity index (χ0v) is 20.4. The molecule has 1 N–H and O–H groups in total. The Morgan fingerprint density at radius 2 is 1.66 bits per heavy atom. The number of ether oxygens (including phenoxy) is 3. The molecule has 0 aliphatic heterocycles. The fourth-order valence-corrected chi connectivity index (χ4v) is 4.34. The smallest absolute Gasteiger partial charge is 0.344 e. The number of anilines is 2. The van der Waals surface area contributed by atoms with Gasteiger partial charge in [0.25, 0.3) is 15.9 Å². The lowest BCUT2D eigenvalue weighted by molar-refractivity contribution is -0.145. The van der Waals surface area contributed by atoms with E-state index in [1.54, 1.807) is 55.5 Å². The lowest BCUT2D eigenvalue weighted by Crippen LogP contribution is -2.26. The molecule has 0 radical (unpaired) electrons. The molecule has 35 heavy (non-hydrogen) atoms. The van der Waals surface area contributed by atoms with Gasteiger partial charge in [0, 0.05) is 24.4 Å². The quantitative estimate of drug-likeness (QED) is 0.424. The number of hydrogen-bond donors (Lipinski definition) is 1. The van der Waals surface area contributed by atoms with Gasteiger partial charge in [-0.15, -0.1) is 0 Å². The summed E-state index contributed by atoms with van der Waals surface area (Å²) in [5, 5.41) is 2.71. The van der Waals surface area contributed by atoms with Crippen LogP contribution < -0.4 is 19.1 Å². The van der Waals surface area contributed by atoms with E-state index in [0.717, 1.165) is 4.31 Å². The highest BCUT2D eigenvalue weighted by Gasteiger charge is 2.22. The zero-order chi connectivity index (χ0) is 25.4. The van der Waals surface area contributed by atoms with Gasteiger partial charge in [-0.05, 0) is 61.5 Å². The van der Waals surface area contributed by atoms with Crippen molar-refractivity contribution in [1.29, 1.82) is 0 Å². The van der Waals surface area contributed by atoms with Crippen molar-refractivity contribution in [2.24, 2.45) is 0 Å². The van der Waals surface area contributed by atoms with Crippen molar-refractivity contribution in [1.82, 2.24) is 0 Å². The fraction of sp³-hybridized carbons (Fsp3) is 0.200. The second kappa shape index (κ2) is 11.4. The number of nitrogens with zero attached hydrogens (tertiary/aromatic N) is 1. The molecule has 3 aromatic rings. The number of amides is 1. The maximum atomic E-state index is 13.1. The summed E-state index contributed by atoms with van der Waals surface area (Å²) in [4.78, 5) is 24.3. The summed E-state index contributed by atoms with van der Waals surface area (Å²) in [5.41, 5.74) is 1.02. The Morgan fingerprint density at radius 3 is 2.34 bits per heavy atom.